The fourth-order valence-corrected chi connectivity index (χ4v) is 6.01. The van der Waals surface area contributed by atoms with Gasteiger partial charge in [0.1, 0.15) is 24.2 Å². The topological polar surface area (TPSA) is 96.0 Å². The highest BCUT2D eigenvalue weighted by molar-refractivity contribution is 7.92. The van der Waals surface area contributed by atoms with Crippen LogP contribution < -0.4 is 14.4 Å². The summed E-state index contributed by atoms with van der Waals surface area (Å²) < 4.78 is 47.6. The second-order valence-corrected chi connectivity index (χ2v) is 11.3. The number of amides is 2. The Morgan fingerprint density at radius 1 is 0.975 bits per heavy atom. The maximum absolute atomic E-state index is 13.9. The van der Waals surface area contributed by atoms with Gasteiger partial charge in [-0.2, -0.15) is 0 Å². The van der Waals surface area contributed by atoms with Crippen LogP contribution in [0, 0.1) is 5.82 Å². The summed E-state index contributed by atoms with van der Waals surface area (Å²) in [5, 5.41) is 3.13. The number of benzene rings is 3. The van der Waals surface area contributed by atoms with Crippen molar-refractivity contribution in [3.8, 4) is 5.75 Å². The Balaban J connectivity index is 2.09. The summed E-state index contributed by atoms with van der Waals surface area (Å²) in [5.41, 5.74) is 0.584. The first-order chi connectivity index (χ1) is 19.0. The van der Waals surface area contributed by atoms with Crippen LogP contribution in [0.25, 0.3) is 0 Å². The molecule has 0 bridgehead atoms. The third-order valence-electron chi connectivity index (χ3n) is 6.14. The molecule has 0 saturated carbocycles. The first kappa shape index (κ1) is 31.2. The van der Waals surface area contributed by atoms with Gasteiger partial charge in [-0.05, 0) is 74.0 Å². The third kappa shape index (κ3) is 7.24. The van der Waals surface area contributed by atoms with Crippen molar-refractivity contribution in [2.45, 2.75) is 37.8 Å². The number of hydrogen-bond donors (Lipinski definition) is 1. The van der Waals surface area contributed by atoms with Gasteiger partial charge in [0.25, 0.3) is 10.0 Å². The number of ether oxygens (including phenoxy) is 1. The van der Waals surface area contributed by atoms with Gasteiger partial charge in [0.15, 0.2) is 0 Å². The molecular formula is C28H30Cl2FN3O5S. The fraction of sp³-hybridized carbons (Fsp3) is 0.286. The standard InChI is InChI=1S/C28H30Cl2FN3O5S/c1-4-26(28(36)32-3)33(17-23-24(29)7-6-8-25(23)30)27(35)18-34(20-11-13-21(14-12-20)39-5-2)40(37,38)22-15-9-19(31)10-16-22/h6-16,26H,4-5,17-18H2,1-3H3,(H,32,36). The van der Waals surface area contributed by atoms with E-state index >= 15 is 0 Å². The highest BCUT2D eigenvalue weighted by atomic mass is 35.5. The highest BCUT2D eigenvalue weighted by Gasteiger charge is 2.34. The molecule has 3 aromatic rings. The minimum Gasteiger partial charge on any atom is -0.494 e. The average molecular weight is 611 g/mol. The van der Waals surface area contributed by atoms with Crippen molar-refractivity contribution in [3.05, 3.63) is 88.2 Å². The molecule has 214 valence electrons. The summed E-state index contributed by atoms with van der Waals surface area (Å²) in [6, 6.07) is 14.4. The van der Waals surface area contributed by atoms with Gasteiger partial charge in [-0.1, -0.05) is 36.2 Å². The van der Waals surface area contributed by atoms with Crippen LogP contribution in [0.15, 0.2) is 71.6 Å². The molecular weight excluding hydrogens is 580 g/mol. The van der Waals surface area contributed by atoms with Crippen LogP contribution in [0.3, 0.4) is 0 Å². The van der Waals surface area contributed by atoms with E-state index in [1.54, 1.807) is 37.3 Å². The van der Waals surface area contributed by atoms with E-state index in [0.29, 0.717) is 28.0 Å². The lowest BCUT2D eigenvalue weighted by Gasteiger charge is -2.33. The number of nitrogens with one attached hydrogen (secondary N) is 1. The number of likely N-dealkylation sites (N-methyl/N-ethyl adjacent to an activating group) is 1. The molecule has 0 radical (unpaired) electrons. The predicted molar refractivity (Wildman–Crippen MR) is 154 cm³/mol. The number of nitrogens with zero attached hydrogens (tertiary/aromatic N) is 2. The molecule has 0 heterocycles. The lowest BCUT2D eigenvalue weighted by Crippen LogP contribution is -2.51. The molecule has 1 atom stereocenters. The van der Waals surface area contributed by atoms with Crippen LogP contribution in [0.2, 0.25) is 10.0 Å². The molecule has 1 N–H and O–H groups in total. The second-order valence-electron chi connectivity index (χ2n) is 8.65. The van der Waals surface area contributed by atoms with E-state index in [1.807, 2.05) is 6.92 Å². The van der Waals surface area contributed by atoms with E-state index < -0.39 is 40.2 Å². The molecule has 0 aliphatic rings. The lowest BCUT2D eigenvalue weighted by molar-refractivity contribution is -0.140. The first-order valence-electron chi connectivity index (χ1n) is 12.5. The second kappa shape index (κ2) is 13.8. The normalized spacial score (nSPS) is 11.9. The van der Waals surface area contributed by atoms with E-state index in [0.717, 1.165) is 28.6 Å². The molecule has 0 spiro atoms. The zero-order valence-electron chi connectivity index (χ0n) is 22.2. The van der Waals surface area contributed by atoms with E-state index in [1.165, 1.54) is 24.1 Å². The van der Waals surface area contributed by atoms with Crippen molar-refractivity contribution in [1.82, 2.24) is 10.2 Å². The molecule has 12 heteroatoms. The molecule has 40 heavy (non-hydrogen) atoms. The molecule has 0 saturated heterocycles. The third-order valence-corrected chi connectivity index (χ3v) is 8.63. The number of sulfonamides is 1. The Hall–Kier alpha value is -3.34. The molecule has 0 aliphatic carbocycles. The van der Waals surface area contributed by atoms with Crippen molar-refractivity contribution in [2.24, 2.45) is 0 Å². The summed E-state index contributed by atoms with van der Waals surface area (Å²) in [6.45, 7) is 3.15. The molecule has 0 fully saturated rings. The van der Waals surface area contributed by atoms with Crippen molar-refractivity contribution in [3.63, 3.8) is 0 Å². The molecule has 0 aliphatic heterocycles. The molecule has 3 aromatic carbocycles. The smallest absolute Gasteiger partial charge is 0.264 e. The van der Waals surface area contributed by atoms with Crippen LogP contribution in [0.5, 0.6) is 5.75 Å². The largest absolute Gasteiger partial charge is 0.494 e. The van der Waals surface area contributed by atoms with Crippen molar-refractivity contribution >= 4 is 50.7 Å². The monoisotopic (exact) mass is 609 g/mol. The van der Waals surface area contributed by atoms with Crippen molar-refractivity contribution in [2.75, 3.05) is 24.5 Å². The van der Waals surface area contributed by atoms with Crippen LogP contribution in [-0.2, 0) is 26.2 Å². The van der Waals surface area contributed by atoms with Gasteiger partial charge in [0.05, 0.1) is 17.2 Å². The Kier molecular flexibility index (Phi) is 10.8. The van der Waals surface area contributed by atoms with Gasteiger partial charge in [-0.15, -0.1) is 0 Å². The van der Waals surface area contributed by atoms with Gasteiger partial charge in [-0.25, -0.2) is 12.8 Å². The summed E-state index contributed by atoms with van der Waals surface area (Å²) in [6.07, 6.45) is 0.237. The number of carbonyl (C=O) groups excluding carboxylic acids is 2. The van der Waals surface area contributed by atoms with Crippen LogP contribution in [0.4, 0.5) is 10.1 Å². The Morgan fingerprint density at radius 3 is 2.10 bits per heavy atom. The fourth-order valence-electron chi connectivity index (χ4n) is 4.08. The van der Waals surface area contributed by atoms with Gasteiger partial charge >= 0.3 is 0 Å². The summed E-state index contributed by atoms with van der Waals surface area (Å²) in [4.78, 5) is 27.8. The number of halogens is 3. The quantitative estimate of drug-likeness (QED) is 0.301. The van der Waals surface area contributed by atoms with Gasteiger partial charge in [0, 0.05) is 29.2 Å². The van der Waals surface area contributed by atoms with Crippen molar-refractivity contribution in [1.29, 1.82) is 0 Å². The molecule has 0 aromatic heterocycles. The zero-order valence-corrected chi connectivity index (χ0v) is 24.6. The highest BCUT2D eigenvalue weighted by Crippen LogP contribution is 2.29. The number of rotatable bonds is 12. The summed E-state index contributed by atoms with van der Waals surface area (Å²) in [5.74, 6) is -1.21. The Labute approximate surface area is 243 Å². The minimum absolute atomic E-state index is 0.142. The number of anilines is 1. The maximum Gasteiger partial charge on any atom is 0.264 e. The lowest BCUT2D eigenvalue weighted by atomic mass is 10.1. The molecule has 3 rings (SSSR count). The van der Waals surface area contributed by atoms with E-state index in [2.05, 4.69) is 5.32 Å². The first-order valence-corrected chi connectivity index (χ1v) is 14.7. The van der Waals surface area contributed by atoms with Gasteiger partial charge < -0.3 is 15.0 Å². The Bertz CT molecular complexity index is 1420. The number of hydrogen-bond acceptors (Lipinski definition) is 5. The van der Waals surface area contributed by atoms with Crippen LogP contribution in [0.1, 0.15) is 25.8 Å². The summed E-state index contributed by atoms with van der Waals surface area (Å²) in [7, 11) is -2.90. The minimum atomic E-state index is -4.35. The maximum atomic E-state index is 13.9. The Morgan fingerprint density at radius 2 is 1.57 bits per heavy atom. The van der Waals surface area contributed by atoms with E-state index in [9.17, 15) is 22.4 Å². The SMILES string of the molecule is CCOc1ccc(N(CC(=O)N(Cc2c(Cl)cccc2Cl)C(CC)C(=O)NC)S(=O)(=O)c2ccc(F)cc2)cc1. The molecule has 1 unspecified atom stereocenters. The zero-order chi connectivity index (χ0) is 29.4. The predicted octanol–water partition coefficient (Wildman–Crippen LogP) is 5.28. The average Bonchev–Trinajstić information content (AvgIpc) is 2.93. The van der Waals surface area contributed by atoms with E-state index in [4.69, 9.17) is 27.9 Å². The van der Waals surface area contributed by atoms with Crippen molar-refractivity contribution < 1.29 is 27.1 Å². The van der Waals surface area contributed by atoms with Crippen LogP contribution >= 0.6 is 23.2 Å². The van der Waals surface area contributed by atoms with Crippen LogP contribution in [-0.4, -0.2) is 51.4 Å². The van der Waals surface area contributed by atoms with Gasteiger partial charge in [-0.3, -0.25) is 13.9 Å². The molecule has 8 nitrogen and oxygen atoms in total. The number of carbonyl (C=O) groups is 2. The molecule has 2 amide bonds. The summed E-state index contributed by atoms with van der Waals surface area (Å²) >= 11 is 12.8. The van der Waals surface area contributed by atoms with Gasteiger partial charge in [0.2, 0.25) is 11.8 Å². The van der Waals surface area contributed by atoms with E-state index in [-0.39, 0.29) is 23.5 Å².